The molecule has 100 valence electrons. The largest absolute Gasteiger partial charge is 0.384 e. The molecule has 0 saturated heterocycles. The van der Waals surface area contributed by atoms with E-state index in [1.807, 2.05) is 20.2 Å². The smallest absolute Gasteiger partial charge is 0.133 e. The molecule has 0 spiro atoms. The Bertz CT molecular complexity index is 559. The first-order chi connectivity index (χ1) is 8.97. The zero-order valence-corrected chi connectivity index (χ0v) is 11.9. The van der Waals surface area contributed by atoms with Gasteiger partial charge in [0.1, 0.15) is 11.6 Å². The molecule has 0 bridgehead atoms. The van der Waals surface area contributed by atoms with Crippen molar-refractivity contribution in [1.29, 1.82) is 0 Å². The molecule has 1 heterocycles. The summed E-state index contributed by atoms with van der Waals surface area (Å²) >= 11 is 0. The second kappa shape index (κ2) is 5.26. The van der Waals surface area contributed by atoms with Crippen molar-refractivity contribution in [2.75, 3.05) is 24.7 Å². The Hall–Kier alpha value is -2.10. The maximum Gasteiger partial charge on any atom is 0.133 e. The van der Waals surface area contributed by atoms with Crippen LogP contribution in [0.15, 0.2) is 30.3 Å². The predicted octanol–water partition coefficient (Wildman–Crippen LogP) is 2.92. The molecule has 1 aromatic heterocycles. The van der Waals surface area contributed by atoms with Gasteiger partial charge in [-0.3, -0.25) is 0 Å². The van der Waals surface area contributed by atoms with Gasteiger partial charge in [0.2, 0.25) is 0 Å². The number of benzene rings is 1. The van der Waals surface area contributed by atoms with E-state index in [-0.39, 0.29) is 5.92 Å². The number of anilines is 2. The molecule has 0 radical (unpaired) electrons. The van der Waals surface area contributed by atoms with E-state index in [1.165, 1.54) is 0 Å². The third-order valence-corrected chi connectivity index (χ3v) is 2.96. The van der Waals surface area contributed by atoms with Gasteiger partial charge in [-0.15, -0.1) is 0 Å². The highest BCUT2D eigenvalue weighted by molar-refractivity contribution is 5.65. The van der Waals surface area contributed by atoms with Gasteiger partial charge in [-0.25, -0.2) is 9.97 Å². The highest BCUT2D eigenvalue weighted by Gasteiger charge is 2.08. The summed E-state index contributed by atoms with van der Waals surface area (Å²) in [6.07, 6.45) is 0. The summed E-state index contributed by atoms with van der Waals surface area (Å²) in [6, 6.07) is 10.1. The van der Waals surface area contributed by atoms with E-state index in [9.17, 15) is 0 Å². The van der Waals surface area contributed by atoms with Crippen molar-refractivity contribution in [2.45, 2.75) is 19.8 Å². The van der Waals surface area contributed by atoms with Crippen molar-refractivity contribution in [3.05, 3.63) is 36.2 Å². The Balaban J connectivity index is 2.41. The zero-order valence-electron chi connectivity index (χ0n) is 11.9. The molecule has 0 aliphatic heterocycles. The Labute approximate surface area is 114 Å². The molecule has 0 saturated carbocycles. The Morgan fingerprint density at radius 2 is 1.68 bits per heavy atom. The standard InChI is InChI=1S/C15H20N4/c1-10(2)15-17-13(9-14(16)18-15)11-5-7-12(8-6-11)19(3)4/h5-10H,1-4H3,(H2,16,17,18). The third-order valence-electron chi connectivity index (χ3n) is 2.96. The van der Waals surface area contributed by atoms with E-state index in [4.69, 9.17) is 5.73 Å². The molecule has 1 aromatic carbocycles. The lowest BCUT2D eigenvalue weighted by Crippen LogP contribution is -2.08. The highest BCUT2D eigenvalue weighted by Crippen LogP contribution is 2.23. The first kappa shape index (κ1) is 13.3. The summed E-state index contributed by atoms with van der Waals surface area (Å²) in [5.41, 5.74) is 8.95. The van der Waals surface area contributed by atoms with E-state index in [0.29, 0.717) is 5.82 Å². The van der Waals surface area contributed by atoms with Crippen LogP contribution < -0.4 is 10.6 Å². The van der Waals surface area contributed by atoms with Gasteiger partial charge in [0.25, 0.3) is 0 Å². The van der Waals surface area contributed by atoms with E-state index >= 15 is 0 Å². The third kappa shape index (κ3) is 3.02. The summed E-state index contributed by atoms with van der Waals surface area (Å²) in [6.45, 7) is 4.13. The van der Waals surface area contributed by atoms with Crippen molar-refractivity contribution in [2.24, 2.45) is 0 Å². The van der Waals surface area contributed by atoms with Gasteiger partial charge in [0.15, 0.2) is 0 Å². The van der Waals surface area contributed by atoms with Gasteiger partial charge < -0.3 is 10.6 Å². The summed E-state index contributed by atoms with van der Waals surface area (Å²) < 4.78 is 0. The summed E-state index contributed by atoms with van der Waals surface area (Å²) in [5, 5.41) is 0. The number of nitrogen functional groups attached to an aromatic ring is 1. The van der Waals surface area contributed by atoms with Crippen LogP contribution in [0.1, 0.15) is 25.6 Å². The average molecular weight is 256 g/mol. The van der Waals surface area contributed by atoms with Crippen LogP contribution in [-0.2, 0) is 0 Å². The first-order valence-electron chi connectivity index (χ1n) is 6.39. The molecule has 0 aliphatic carbocycles. The van der Waals surface area contributed by atoms with Crippen LogP contribution in [0.25, 0.3) is 11.3 Å². The Morgan fingerprint density at radius 3 is 2.21 bits per heavy atom. The van der Waals surface area contributed by atoms with Gasteiger partial charge in [-0.2, -0.15) is 0 Å². The van der Waals surface area contributed by atoms with Crippen LogP contribution in [0.5, 0.6) is 0 Å². The maximum atomic E-state index is 5.85. The second-order valence-corrected chi connectivity index (χ2v) is 5.13. The van der Waals surface area contributed by atoms with E-state index in [0.717, 1.165) is 22.8 Å². The van der Waals surface area contributed by atoms with Crippen LogP contribution in [0.4, 0.5) is 11.5 Å². The minimum Gasteiger partial charge on any atom is -0.384 e. The van der Waals surface area contributed by atoms with Crippen LogP contribution in [-0.4, -0.2) is 24.1 Å². The quantitative estimate of drug-likeness (QED) is 0.917. The molecule has 0 aliphatic rings. The van der Waals surface area contributed by atoms with Gasteiger partial charge in [-0.1, -0.05) is 26.0 Å². The molecule has 0 atom stereocenters. The average Bonchev–Trinajstić information content (AvgIpc) is 2.38. The number of nitrogens with zero attached hydrogens (tertiary/aromatic N) is 3. The molecule has 0 fully saturated rings. The topological polar surface area (TPSA) is 55.0 Å². The van der Waals surface area contributed by atoms with E-state index in [1.54, 1.807) is 0 Å². The van der Waals surface area contributed by atoms with Crippen LogP contribution in [0.3, 0.4) is 0 Å². The zero-order chi connectivity index (χ0) is 14.0. The molecular formula is C15H20N4. The van der Waals surface area contributed by atoms with Gasteiger partial charge >= 0.3 is 0 Å². The molecule has 4 heteroatoms. The van der Waals surface area contributed by atoms with Gasteiger partial charge in [-0.05, 0) is 12.1 Å². The molecule has 4 nitrogen and oxygen atoms in total. The number of hydrogen-bond acceptors (Lipinski definition) is 4. The van der Waals surface area contributed by atoms with E-state index in [2.05, 4.69) is 53.0 Å². The SMILES string of the molecule is CC(C)c1nc(N)cc(-c2ccc(N(C)C)cc2)n1. The minimum absolute atomic E-state index is 0.267. The molecule has 2 N–H and O–H groups in total. The van der Waals surface area contributed by atoms with Crippen LogP contribution in [0.2, 0.25) is 0 Å². The minimum atomic E-state index is 0.267. The molecule has 0 amide bonds. The van der Waals surface area contributed by atoms with E-state index < -0.39 is 0 Å². The normalized spacial score (nSPS) is 10.8. The lowest BCUT2D eigenvalue weighted by atomic mass is 10.1. The lowest BCUT2D eigenvalue weighted by Gasteiger charge is -2.13. The molecule has 2 rings (SSSR count). The maximum absolute atomic E-state index is 5.85. The molecular weight excluding hydrogens is 236 g/mol. The Morgan fingerprint density at radius 1 is 1.05 bits per heavy atom. The predicted molar refractivity (Wildman–Crippen MR) is 80.3 cm³/mol. The van der Waals surface area contributed by atoms with Crippen LogP contribution >= 0.6 is 0 Å². The first-order valence-corrected chi connectivity index (χ1v) is 6.39. The van der Waals surface area contributed by atoms with Crippen molar-refractivity contribution in [3.8, 4) is 11.3 Å². The highest BCUT2D eigenvalue weighted by atomic mass is 15.1. The van der Waals surface area contributed by atoms with Crippen molar-refractivity contribution < 1.29 is 0 Å². The molecule has 2 aromatic rings. The Kier molecular flexibility index (Phi) is 3.69. The van der Waals surface area contributed by atoms with Crippen molar-refractivity contribution >= 4 is 11.5 Å². The van der Waals surface area contributed by atoms with Gasteiger partial charge in [0.05, 0.1) is 5.69 Å². The summed E-state index contributed by atoms with van der Waals surface area (Å²) in [5.74, 6) is 1.57. The van der Waals surface area contributed by atoms with Gasteiger partial charge in [0, 0.05) is 37.3 Å². The molecule has 0 unspecified atom stereocenters. The lowest BCUT2D eigenvalue weighted by molar-refractivity contribution is 0.779. The fourth-order valence-corrected chi connectivity index (χ4v) is 1.82. The summed E-state index contributed by atoms with van der Waals surface area (Å²) in [4.78, 5) is 10.9. The number of aromatic nitrogens is 2. The van der Waals surface area contributed by atoms with Crippen molar-refractivity contribution in [1.82, 2.24) is 9.97 Å². The van der Waals surface area contributed by atoms with Crippen LogP contribution in [0, 0.1) is 0 Å². The fraction of sp³-hybridized carbons (Fsp3) is 0.333. The monoisotopic (exact) mass is 256 g/mol. The molecule has 19 heavy (non-hydrogen) atoms. The number of hydrogen-bond donors (Lipinski definition) is 1. The second-order valence-electron chi connectivity index (χ2n) is 5.13. The number of rotatable bonds is 3. The number of nitrogens with two attached hydrogens (primary N) is 1. The summed E-state index contributed by atoms with van der Waals surface area (Å²) in [7, 11) is 4.04. The van der Waals surface area contributed by atoms with Crippen molar-refractivity contribution in [3.63, 3.8) is 0 Å². The fourth-order valence-electron chi connectivity index (χ4n) is 1.82.